The van der Waals surface area contributed by atoms with E-state index >= 15 is 4.79 Å². The lowest BCUT2D eigenvalue weighted by atomic mass is 9.82. The third-order valence-corrected chi connectivity index (χ3v) is 14.1. The first-order chi connectivity index (χ1) is 26.9. The predicted molar refractivity (Wildman–Crippen MR) is 211 cm³/mol. The minimum absolute atomic E-state index is 0.0145. The average molecular weight is 809 g/mol. The number of allylic oxidation sites excluding steroid dienone is 1. The van der Waals surface area contributed by atoms with E-state index in [2.05, 4.69) is 17.0 Å². The number of amides is 4. The third-order valence-electron chi connectivity index (χ3n) is 12.3. The van der Waals surface area contributed by atoms with Gasteiger partial charge in [-0.1, -0.05) is 32.4 Å². The third kappa shape index (κ3) is 8.42. The Morgan fingerprint density at radius 3 is 2.46 bits per heavy atom. The Morgan fingerprint density at radius 2 is 1.82 bits per heavy atom. The molecule has 3 N–H and O–H groups in total. The van der Waals surface area contributed by atoms with Crippen molar-refractivity contribution in [2.24, 2.45) is 17.8 Å². The van der Waals surface area contributed by atoms with Crippen LogP contribution in [0.4, 0.5) is 4.79 Å². The number of benzene rings is 1. The lowest BCUT2D eigenvalue weighted by Crippen LogP contribution is -2.62. The Labute approximate surface area is 334 Å². The van der Waals surface area contributed by atoms with Gasteiger partial charge >= 0.3 is 6.09 Å². The second-order valence-corrected chi connectivity index (χ2v) is 19.7. The molecule has 2 aromatic rings. The Morgan fingerprint density at radius 1 is 1.09 bits per heavy atom. The maximum atomic E-state index is 15.3. The van der Waals surface area contributed by atoms with E-state index in [1.54, 1.807) is 33.9 Å². The maximum Gasteiger partial charge on any atom is 0.408 e. The van der Waals surface area contributed by atoms with E-state index in [9.17, 15) is 27.9 Å². The van der Waals surface area contributed by atoms with Crippen LogP contribution in [0.1, 0.15) is 110 Å². The summed E-state index contributed by atoms with van der Waals surface area (Å²) >= 11 is 0. The number of nitrogens with one attached hydrogen (secondary N) is 2. The molecule has 3 saturated carbocycles. The molecule has 1 aromatic heterocycles. The first kappa shape index (κ1) is 40.7. The van der Waals surface area contributed by atoms with Gasteiger partial charge in [-0.15, -0.1) is 0 Å². The van der Waals surface area contributed by atoms with Crippen molar-refractivity contribution in [2.75, 3.05) is 13.7 Å². The van der Waals surface area contributed by atoms with Gasteiger partial charge in [0.25, 0.3) is 5.91 Å². The molecule has 4 fully saturated rings. The van der Waals surface area contributed by atoms with Crippen LogP contribution in [-0.4, -0.2) is 105 Å². The number of fused-ring (bicyclic) bond motifs is 3. The summed E-state index contributed by atoms with van der Waals surface area (Å²) < 4.78 is 40.2. The number of carbonyl (C=O) groups is 4. The number of nitrogens with zero attached hydrogens (tertiary/aromatic N) is 4. The van der Waals surface area contributed by atoms with Crippen molar-refractivity contribution in [3.05, 3.63) is 36.0 Å². The number of carbonyl (C=O) groups excluding carboxylic acids is 3. The molecule has 16 heteroatoms. The maximum absolute atomic E-state index is 15.3. The fourth-order valence-corrected chi connectivity index (χ4v) is 10.0. The van der Waals surface area contributed by atoms with Crippen LogP contribution in [0.25, 0.3) is 11.0 Å². The van der Waals surface area contributed by atoms with Gasteiger partial charge in [0, 0.05) is 29.9 Å². The Bertz CT molecular complexity index is 2060. The van der Waals surface area contributed by atoms with E-state index in [0.29, 0.717) is 60.5 Å². The number of sulfonamides is 1. The Balaban J connectivity index is 1.28. The lowest BCUT2D eigenvalue weighted by molar-refractivity contribution is -0.146. The highest BCUT2D eigenvalue weighted by atomic mass is 32.2. The zero-order chi connectivity index (χ0) is 41.0. The number of carboxylic acid groups (broad SMARTS) is 1. The highest BCUT2D eigenvalue weighted by Gasteiger charge is 2.62. The fourth-order valence-electron chi connectivity index (χ4n) is 8.68. The van der Waals surface area contributed by atoms with Crippen LogP contribution in [0, 0.1) is 17.8 Å². The minimum Gasteiger partial charge on any atom is -0.497 e. The second-order valence-electron chi connectivity index (χ2n) is 17.8. The van der Waals surface area contributed by atoms with E-state index < -0.39 is 74.3 Å². The van der Waals surface area contributed by atoms with Crippen LogP contribution in [0.5, 0.6) is 11.6 Å². The number of rotatable bonds is 9. The second kappa shape index (κ2) is 15.4. The largest absolute Gasteiger partial charge is 0.497 e. The fraction of sp³-hybridized carbons (Fsp3) is 0.659. The monoisotopic (exact) mass is 808 g/mol. The summed E-state index contributed by atoms with van der Waals surface area (Å²) in [5.74, 6) is -1.65. The van der Waals surface area contributed by atoms with Crippen molar-refractivity contribution in [2.45, 2.75) is 139 Å². The van der Waals surface area contributed by atoms with Crippen LogP contribution in [0.15, 0.2) is 30.4 Å². The molecule has 7 atom stereocenters. The van der Waals surface area contributed by atoms with Crippen molar-refractivity contribution in [3.8, 4) is 11.6 Å². The first-order valence-corrected chi connectivity index (χ1v) is 21.9. The van der Waals surface area contributed by atoms with Gasteiger partial charge in [-0.3, -0.25) is 24.0 Å². The van der Waals surface area contributed by atoms with Gasteiger partial charge in [0.1, 0.15) is 35.2 Å². The van der Waals surface area contributed by atoms with Crippen molar-refractivity contribution in [3.63, 3.8) is 0 Å². The van der Waals surface area contributed by atoms with Crippen LogP contribution in [0.2, 0.25) is 0 Å². The summed E-state index contributed by atoms with van der Waals surface area (Å²) in [5, 5.41) is 13.0. The van der Waals surface area contributed by atoms with Gasteiger partial charge in [0.15, 0.2) is 0 Å². The molecule has 0 spiro atoms. The molecule has 4 amide bonds. The summed E-state index contributed by atoms with van der Waals surface area (Å²) in [7, 11) is -2.36. The minimum atomic E-state index is -3.92. The van der Waals surface area contributed by atoms with Gasteiger partial charge in [-0.05, 0) is 96.1 Å². The van der Waals surface area contributed by atoms with E-state index in [0.717, 1.165) is 19.3 Å². The molecule has 3 heterocycles. The smallest absolute Gasteiger partial charge is 0.408 e. The van der Waals surface area contributed by atoms with Crippen molar-refractivity contribution < 1.29 is 42.2 Å². The van der Waals surface area contributed by atoms with Crippen LogP contribution in [0.3, 0.4) is 0 Å². The number of aromatic nitrogens is 2. The lowest BCUT2D eigenvalue weighted by Gasteiger charge is -2.44. The molecule has 1 saturated heterocycles. The molecule has 0 radical (unpaired) electrons. The van der Waals surface area contributed by atoms with Crippen molar-refractivity contribution in [1.82, 2.24) is 29.8 Å². The number of methoxy groups -OCH3 is 1. The zero-order valence-electron chi connectivity index (χ0n) is 33.7. The summed E-state index contributed by atoms with van der Waals surface area (Å²) in [6.45, 7) is 9.24. The van der Waals surface area contributed by atoms with Gasteiger partial charge in [-0.2, -0.15) is 0 Å². The topological polar surface area (TPSA) is 197 Å². The van der Waals surface area contributed by atoms with Gasteiger partial charge in [-0.25, -0.2) is 23.2 Å². The van der Waals surface area contributed by atoms with Crippen LogP contribution >= 0.6 is 0 Å². The number of hydrogen-bond donors (Lipinski definition) is 3. The highest BCUT2D eigenvalue weighted by Crippen LogP contribution is 2.47. The molecule has 0 unspecified atom stereocenters. The first-order valence-electron chi connectivity index (χ1n) is 20.4. The number of ether oxygens (including phenoxy) is 2. The molecule has 1 aromatic carbocycles. The molecule has 310 valence electrons. The number of hydrogen-bond acceptors (Lipinski definition) is 10. The molecule has 3 aliphatic carbocycles. The van der Waals surface area contributed by atoms with Gasteiger partial charge < -0.3 is 24.8 Å². The van der Waals surface area contributed by atoms with Crippen LogP contribution in [-0.2, 0) is 24.4 Å². The molecule has 0 bridgehead atoms. The molecular formula is C41H56N6O9S. The van der Waals surface area contributed by atoms with Crippen LogP contribution < -0.4 is 19.5 Å². The summed E-state index contributed by atoms with van der Waals surface area (Å²) in [5.41, 5.74) is -0.590. The quantitative estimate of drug-likeness (QED) is 0.292. The van der Waals surface area contributed by atoms with Crippen molar-refractivity contribution in [1.29, 1.82) is 0 Å². The standard InChI is InChI=1S/C41H56N6O9S/c1-7-24-18-23(2)10-8-9-11-26-21-41(26,38(50)45-57(53,54)29-15-16-29)44-35(48)32-20-28(22-46(32)37(49)34(24)47(39(51)52)40(3,4)5)56-36-33(25-12-13-25)42-30-17-14-27(55-6)19-31(30)43-36/h9,11,14,17,19,23-26,28-29,32,34H,7-8,10,12-13,15-16,18,20-22H2,1-6H3,(H,44,48)(H,45,50)(H,51,52)/t23-,24-,26-,28-,32+,34+,41-/m1/s1. The Hall–Kier alpha value is -4.47. The van der Waals surface area contributed by atoms with E-state index in [4.69, 9.17) is 19.4 Å². The SMILES string of the molecule is CC[C@@H]1C[C@H](C)CCC=C[C@@H]2C[C@@]2(C(=O)NS(=O)(=O)C2CC2)NC(=O)[C@@H]2C[C@@H](Oc3nc4cc(OC)ccc4nc3C3CC3)CN2C(=O)[C@H]1N(C(=O)O)C(C)(C)C. The molecule has 5 aliphatic rings. The zero-order valence-corrected chi connectivity index (χ0v) is 34.5. The summed E-state index contributed by atoms with van der Waals surface area (Å²) in [6, 6.07) is 3.11. The summed E-state index contributed by atoms with van der Waals surface area (Å²) in [4.78, 5) is 69.4. The van der Waals surface area contributed by atoms with E-state index in [1.807, 2.05) is 31.2 Å². The predicted octanol–water partition coefficient (Wildman–Crippen LogP) is 4.90. The highest BCUT2D eigenvalue weighted by molar-refractivity contribution is 7.91. The Kier molecular flexibility index (Phi) is 11.0. The van der Waals surface area contributed by atoms with Crippen molar-refractivity contribution >= 4 is 44.9 Å². The molecule has 15 nitrogen and oxygen atoms in total. The van der Waals surface area contributed by atoms with Gasteiger partial charge in [0.2, 0.25) is 27.7 Å². The van der Waals surface area contributed by atoms with E-state index in [-0.39, 0.29) is 37.1 Å². The molecule has 7 rings (SSSR count). The van der Waals surface area contributed by atoms with E-state index in [1.165, 1.54) is 9.80 Å². The summed E-state index contributed by atoms with van der Waals surface area (Å²) in [6.07, 6.45) is 7.29. The van der Waals surface area contributed by atoms with Gasteiger partial charge in [0.05, 0.1) is 29.9 Å². The molecule has 2 aliphatic heterocycles. The average Bonchev–Trinajstić information content (AvgIpc) is 4.04. The normalized spacial score (nSPS) is 29.7. The molecule has 57 heavy (non-hydrogen) atoms. The molecular weight excluding hydrogens is 753 g/mol.